The summed E-state index contributed by atoms with van der Waals surface area (Å²) in [4.78, 5) is 0. The van der Waals surface area contributed by atoms with E-state index in [1.54, 1.807) is 0 Å². The third-order valence-corrected chi connectivity index (χ3v) is 3.23. The van der Waals surface area contributed by atoms with Crippen LogP contribution in [0.15, 0.2) is 12.1 Å². The largest absolute Gasteiger partial charge is 0.382 e. The van der Waals surface area contributed by atoms with E-state index < -0.39 is 0 Å². The van der Waals surface area contributed by atoms with E-state index in [0.717, 1.165) is 5.69 Å². The van der Waals surface area contributed by atoms with Crippen molar-refractivity contribution in [2.24, 2.45) is 0 Å². The molecule has 0 atom stereocenters. The summed E-state index contributed by atoms with van der Waals surface area (Å²) >= 11 is 0. The van der Waals surface area contributed by atoms with E-state index in [1.165, 1.54) is 27.8 Å². The average molecular weight is 215 g/mol. The fourth-order valence-corrected chi connectivity index (χ4v) is 2.09. The first-order valence-electron chi connectivity index (χ1n) is 5.39. The smallest absolute Gasteiger partial charge is 0.145 e. The SMILES string of the molecule is Cc1cc(C)c(C)c(-c2cc(N)n[nH]2)c1C. The number of nitrogens with two attached hydrogens (primary N) is 1. The van der Waals surface area contributed by atoms with Crippen LogP contribution in [0.4, 0.5) is 5.82 Å². The number of nitrogen functional groups attached to an aromatic ring is 1. The van der Waals surface area contributed by atoms with Gasteiger partial charge < -0.3 is 5.73 Å². The second-order valence-corrected chi connectivity index (χ2v) is 4.34. The Morgan fingerprint density at radius 1 is 1.00 bits per heavy atom. The second kappa shape index (κ2) is 3.67. The van der Waals surface area contributed by atoms with Crippen LogP contribution in [0.1, 0.15) is 22.3 Å². The molecule has 0 amide bonds. The molecule has 0 fully saturated rings. The normalized spacial score (nSPS) is 10.8. The van der Waals surface area contributed by atoms with E-state index in [9.17, 15) is 0 Å². The molecule has 0 saturated carbocycles. The molecule has 0 bridgehead atoms. The molecular weight excluding hydrogens is 198 g/mol. The first-order chi connectivity index (χ1) is 7.50. The number of nitrogens with one attached hydrogen (secondary N) is 1. The molecule has 84 valence electrons. The molecule has 16 heavy (non-hydrogen) atoms. The van der Waals surface area contributed by atoms with E-state index in [4.69, 9.17) is 5.73 Å². The highest BCUT2D eigenvalue weighted by molar-refractivity contribution is 5.72. The molecule has 1 heterocycles. The molecule has 1 aromatic carbocycles. The fourth-order valence-electron chi connectivity index (χ4n) is 2.09. The van der Waals surface area contributed by atoms with Gasteiger partial charge in [0, 0.05) is 11.6 Å². The Kier molecular flexibility index (Phi) is 2.46. The van der Waals surface area contributed by atoms with E-state index in [0.29, 0.717) is 5.82 Å². The van der Waals surface area contributed by atoms with E-state index in [-0.39, 0.29) is 0 Å². The number of aryl methyl sites for hydroxylation is 2. The predicted octanol–water partition coefficient (Wildman–Crippen LogP) is 2.89. The minimum absolute atomic E-state index is 0.535. The quantitative estimate of drug-likeness (QED) is 0.768. The monoisotopic (exact) mass is 215 g/mol. The van der Waals surface area contributed by atoms with Gasteiger partial charge in [0.2, 0.25) is 0 Å². The van der Waals surface area contributed by atoms with Gasteiger partial charge in [-0.15, -0.1) is 0 Å². The van der Waals surface area contributed by atoms with Crippen molar-refractivity contribution in [3.8, 4) is 11.3 Å². The Hall–Kier alpha value is -1.77. The van der Waals surface area contributed by atoms with Crippen LogP contribution in [-0.4, -0.2) is 10.2 Å². The number of hydrogen-bond donors (Lipinski definition) is 2. The van der Waals surface area contributed by atoms with Crippen molar-refractivity contribution in [3.63, 3.8) is 0 Å². The van der Waals surface area contributed by atoms with Crippen LogP contribution in [0.25, 0.3) is 11.3 Å². The van der Waals surface area contributed by atoms with Gasteiger partial charge in [-0.3, -0.25) is 5.10 Å². The lowest BCUT2D eigenvalue weighted by Crippen LogP contribution is -1.95. The summed E-state index contributed by atoms with van der Waals surface area (Å²) in [6, 6.07) is 4.10. The zero-order chi connectivity index (χ0) is 11.9. The molecule has 0 aliphatic carbocycles. The Balaban J connectivity index is 2.73. The number of hydrogen-bond acceptors (Lipinski definition) is 2. The van der Waals surface area contributed by atoms with Crippen molar-refractivity contribution in [3.05, 3.63) is 34.4 Å². The summed E-state index contributed by atoms with van der Waals surface area (Å²) in [6.45, 7) is 8.53. The van der Waals surface area contributed by atoms with Crippen molar-refractivity contribution < 1.29 is 0 Å². The first kappa shape index (κ1) is 10.7. The molecule has 3 heteroatoms. The average Bonchev–Trinajstić information content (AvgIpc) is 2.62. The number of H-pyrrole nitrogens is 1. The zero-order valence-electron chi connectivity index (χ0n) is 10.2. The first-order valence-corrected chi connectivity index (χ1v) is 5.39. The van der Waals surface area contributed by atoms with Gasteiger partial charge in [-0.2, -0.15) is 5.10 Å². The number of nitrogens with zero attached hydrogens (tertiary/aromatic N) is 1. The Labute approximate surface area is 95.7 Å². The van der Waals surface area contributed by atoms with Gasteiger partial charge in [0.05, 0.1) is 5.69 Å². The van der Waals surface area contributed by atoms with Crippen LogP contribution < -0.4 is 5.73 Å². The van der Waals surface area contributed by atoms with Crippen molar-refractivity contribution in [2.45, 2.75) is 27.7 Å². The highest BCUT2D eigenvalue weighted by atomic mass is 15.2. The maximum atomic E-state index is 5.65. The summed E-state index contributed by atoms with van der Waals surface area (Å²) < 4.78 is 0. The molecule has 1 aromatic heterocycles. The Morgan fingerprint density at radius 3 is 2.00 bits per heavy atom. The molecule has 3 N–H and O–H groups in total. The molecule has 0 unspecified atom stereocenters. The summed E-state index contributed by atoms with van der Waals surface area (Å²) in [7, 11) is 0. The van der Waals surface area contributed by atoms with Crippen LogP contribution >= 0.6 is 0 Å². The van der Waals surface area contributed by atoms with Crippen LogP contribution in [0.5, 0.6) is 0 Å². The molecule has 0 aliphatic heterocycles. The van der Waals surface area contributed by atoms with E-state index in [1.807, 2.05) is 6.07 Å². The fraction of sp³-hybridized carbons (Fsp3) is 0.308. The molecule has 0 spiro atoms. The molecule has 0 saturated heterocycles. The number of benzene rings is 1. The molecular formula is C13H17N3. The maximum absolute atomic E-state index is 5.65. The zero-order valence-corrected chi connectivity index (χ0v) is 10.2. The predicted molar refractivity (Wildman–Crippen MR) is 67.4 cm³/mol. The minimum Gasteiger partial charge on any atom is -0.382 e. The van der Waals surface area contributed by atoms with Gasteiger partial charge in [0.15, 0.2) is 0 Å². The molecule has 2 rings (SSSR count). The molecule has 3 nitrogen and oxygen atoms in total. The maximum Gasteiger partial charge on any atom is 0.145 e. The lowest BCUT2D eigenvalue weighted by atomic mass is 9.92. The van der Waals surface area contributed by atoms with Crippen molar-refractivity contribution in [1.82, 2.24) is 10.2 Å². The van der Waals surface area contributed by atoms with Gasteiger partial charge in [-0.1, -0.05) is 6.07 Å². The number of rotatable bonds is 1. The van der Waals surface area contributed by atoms with Crippen molar-refractivity contribution in [1.29, 1.82) is 0 Å². The van der Waals surface area contributed by atoms with Crippen LogP contribution in [-0.2, 0) is 0 Å². The molecule has 0 aliphatic rings. The number of aromatic nitrogens is 2. The highest BCUT2D eigenvalue weighted by Gasteiger charge is 2.12. The van der Waals surface area contributed by atoms with E-state index >= 15 is 0 Å². The summed E-state index contributed by atoms with van der Waals surface area (Å²) in [5.41, 5.74) is 13.0. The standard InChI is InChI=1S/C13H17N3/c1-7-5-8(2)10(4)13(9(7)3)11-6-12(14)16-15-11/h5-6H,1-4H3,(H3,14,15,16). The third-order valence-electron chi connectivity index (χ3n) is 3.23. The Morgan fingerprint density at radius 2 is 1.56 bits per heavy atom. The van der Waals surface area contributed by atoms with Crippen LogP contribution in [0.2, 0.25) is 0 Å². The van der Waals surface area contributed by atoms with Crippen LogP contribution in [0, 0.1) is 27.7 Å². The summed E-state index contributed by atoms with van der Waals surface area (Å²) in [5.74, 6) is 0.535. The molecule has 0 radical (unpaired) electrons. The van der Waals surface area contributed by atoms with Gasteiger partial charge in [-0.05, 0) is 49.9 Å². The lowest BCUT2D eigenvalue weighted by molar-refractivity contribution is 1.09. The Bertz CT molecular complexity index is 512. The van der Waals surface area contributed by atoms with Gasteiger partial charge in [0.1, 0.15) is 5.82 Å². The van der Waals surface area contributed by atoms with Crippen molar-refractivity contribution in [2.75, 3.05) is 5.73 Å². The number of aromatic amines is 1. The minimum atomic E-state index is 0.535. The number of anilines is 1. The van der Waals surface area contributed by atoms with Gasteiger partial charge in [0.25, 0.3) is 0 Å². The topological polar surface area (TPSA) is 54.7 Å². The second-order valence-electron chi connectivity index (χ2n) is 4.34. The van der Waals surface area contributed by atoms with E-state index in [2.05, 4.69) is 44.0 Å². The lowest BCUT2D eigenvalue weighted by Gasteiger charge is -2.13. The van der Waals surface area contributed by atoms with Crippen LogP contribution in [0.3, 0.4) is 0 Å². The summed E-state index contributed by atoms with van der Waals surface area (Å²) in [5, 5.41) is 6.97. The van der Waals surface area contributed by atoms with Gasteiger partial charge in [-0.25, -0.2) is 0 Å². The van der Waals surface area contributed by atoms with Gasteiger partial charge >= 0.3 is 0 Å². The summed E-state index contributed by atoms with van der Waals surface area (Å²) in [6.07, 6.45) is 0. The highest BCUT2D eigenvalue weighted by Crippen LogP contribution is 2.30. The molecule has 2 aromatic rings. The van der Waals surface area contributed by atoms with Crippen molar-refractivity contribution >= 4 is 5.82 Å². The third kappa shape index (κ3) is 1.58.